The van der Waals surface area contributed by atoms with Gasteiger partial charge < -0.3 is 4.98 Å². The Labute approximate surface area is 97.8 Å². The van der Waals surface area contributed by atoms with E-state index in [1.165, 1.54) is 12.8 Å². The van der Waals surface area contributed by atoms with E-state index in [1.807, 2.05) is 6.08 Å². The normalized spacial score (nSPS) is 13.4. The van der Waals surface area contributed by atoms with E-state index in [4.69, 9.17) is 0 Å². The predicted octanol–water partition coefficient (Wildman–Crippen LogP) is 2.30. The molecule has 1 heterocycles. The van der Waals surface area contributed by atoms with E-state index in [2.05, 4.69) is 36.5 Å². The van der Waals surface area contributed by atoms with Crippen molar-refractivity contribution >= 4 is 12.2 Å². The number of nitrogens with zero attached hydrogens (tertiary/aromatic N) is 1. The minimum Gasteiger partial charge on any atom is -0.342 e. The summed E-state index contributed by atoms with van der Waals surface area (Å²) >= 11 is 0. The predicted molar refractivity (Wildman–Crippen MR) is 70.5 cm³/mol. The Balaban J connectivity index is 3.00. The van der Waals surface area contributed by atoms with Gasteiger partial charge in [-0.3, -0.25) is 0 Å². The quantitative estimate of drug-likeness (QED) is 0.729. The van der Waals surface area contributed by atoms with Gasteiger partial charge in [0.1, 0.15) is 5.82 Å². The second kappa shape index (κ2) is 7.04. The molecule has 1 aromatic heterocycles. The van der Waals surface area contributed by atoms with Crippen molar-refractivity contribution in [2.24, 2.45) is 0 Å². The van der Waals surface area contributed by atoms with Crippen LogP contribution in [0.15, 0.2) is 12.7 Å². The zero-order chi connectivity index (χ0) is 11.8. The van der Waals surface area contributed by atoms with Crippen LogP contribution in [0.4, 0.5) is 0 Å². The Morgan fingerprint density at radius 2 is 2.12 bits per heavy atom. The molecule has 0 aliphatic carbocycles. The topological polar surface area (TPSA) is 28.7 Å². The maximum atomic E-state index is 4.60. The Hall–Kier alpha value is -1.31. The highest BCUT2D eigenvalue weighted by molar-refractivity contribution is 5.34. The van der Waals surface area contributed by atoms with Crippen LogP contribution < -0.4 is 10.7 Å². The SMILES string of the molecule is C=C/C=c1/[nH]c(CCC)n/c1=C/CCCC. The van der Waals surface area contributed by atoms with Crippen LogP contribution in [-0.4, -0.2) is 9.97 Å². The molecule has 0 aliphatic rings. The van der Waals surface area contributed by atoms with Gasteiger partial charge in [-0.2, -0.15) is 0 Å². The summed E-state index contributed by atoms with van der Waals surface area (Å²) in [7, 11) is 0. The van der Waals surface area contributed by atoms with Gasteiger partial charge in [0.15, 0.2) is 0 Å². The lowest BCUT2D eigenvalue weighted by Crippen LogP contribution is -2.23. The van der Waals surface area contributed by atoms with Crippen molar-refractivity contribution < 1.29 is 0 Å². The van der Waals surface area contributed by atoms with Gasteiger partial charge in [-0.05, 0) is 25.3 Å². The third-order valence-corrected chi connectivity index (χ3v) is 2.48. The number of aromatic amines is 1. The fourth-order valence-corrected chi connectivity index (χ4v) is 1.65. The second-order valence-corrected chi connectivity index (χ2v) is 3.98. The van der Waals surface area contributed by atoms with E-state index in [1.54, 1.807) is 6.08 Å². The highest BCUT2D eigenvalue weighted by Gasteiger charge is 1.96. The average Bonchev–Trinajstić information content (AvgIpc) is 2.63. The van der Waals surface area contributed by atoms with E-state index in [-0.39, 0.29) is 0 Å². The molecule has 0 aromatic carbocycles. The van der Waals surface area contributed by atoms with Crippen LogP contribution in [0.5, 0.6) is 0 Å². The van der Waals surface area contributed by atoms with Crippen LogP contribution in [0.2, 0.25) is 0 Å². The van der Waals surface area contributed by atoms with Crippen LogP contribution in [0, 0.1) is 0 Å². The monoisotopic (exact) mass is 218 g/mol. The molecule has 0 aliphatic heterocycles. The lowest BCUT2D eigenvalue weighted by molar-refractivity contribution is 0.830. The summed E-state index contributed by atoms with van der Waals surface area (Å²) < 4.78 is 0. The molecule has 1 rings (SSSR count). The molecular weight excluding hydrogens is 196 g/mol. The molecule has 0 unspecified atom stereocenters. The number of nitrogens with one attached hydrogen (secondary N) is 1. The molecule has 0 bridgehead atoms. The maximum absolute atomic E-state index is 4.60. The van der Waals surface area contributed by atoms with E-state index < -0.39 is 0 Å². The van der Waals surface area contributed by atoms with Crippen molar-refractivity contribution in [3.63, 3.8) is 0 Å². The molecule has 0 fully saturated rings. The number of rotatable bonds is 6. The maximum Gasteiger partial charge on any atom is 0.107 e. The molecule has 0 atom stereocenters. The smallest absolute Gasteiger partial charge is 0.107 e. The first-order chi connectivity index (χ1) is 7.81. The molecule has 2 heteroatoms. The van der Waals surface area contributed by atoms with Crippen LogP contribution in [-0.2, 0) is 6.42 Å². The largest absolute Gasteiger partial charge is 0.342 e. The van der Waals surface area contributed by atoms with Crippen LogP contribution >= 0.6 is 0 Å². The first-order valence-corrected chi connectivity index (χ1v) is 6.19. The molecule has 1 aromatic rings. The summed E-state index contributed by atoms with van der Waals surface area (Å²) in [5.74, 6) is 1.08. The highest BCUT2D eigenvalue weighted by Crippen LogP contribution is 1.94. The average molecular weight is 218 g/mol. The summed E-state index contributed by atoms with van der Waals surface area (Å²) in [4.78, 5) is 7.94. The van der Waals surface area contributed by atoms with Crippen molar-refractivity contribution in [3.05, 3.63) is 29.2 Å². The van der Waals surface area contributed by atoms with Crippen LogP contribution in [0.25, 0.3) is 12.2 Å². The van der Waals surface area contributed by atoms with Gasteiger partial charge in [0.05, 0.1) is 10.7 Å². The lowest BCUT2D eigenvalue weighted by Gasteiger charge is -1.87. The molecule has 16 heavy (non-hydrogen) atoms. The first-order valence-electron chi connectivity index (χ1n) is 6.19. The Bertz CT molecular complexity index is 426. The van der Waals surface area contributed by atoms with Gasteiger partial charge in [-0.25, -0.2) is 4.98 Å². The van der Waals surface area contributed by atoms with Crippen LogP contribution in [0.1, 0.15) is 45.4 Å². The van der Waals surface area contributed by atoms with Gasteiger partial charge in [-0.1, -0.05) is 39.0 Å². The summed E-state index contributed by atoms with van der Waals surface area (Å²) in [5.41, 5.74) is 0. The molecule has 0 saturated carbocycles. The molecule has 0 spiro atoms. The van der Waals surface area contributed by atoms with Crippen molar-refractivity contribution in [1.82, 2.24) is 9.97 Å². The van der Waals surface area contributed by atoms with E-state index in [0.29, 0.717) is 0 Å². The number of hydrogen-bond acceptors (Lipinski definition) is 1. The highest BCUT2D eigenvalue weighted by atomic mass is 14.9. The van der Waals surface area contributed by atoms with Crippen molar-refractivity contribution in [1.29, 1.82) is 0 Å². The third kappa shape index (κ3) is 3.69. The third-order valence-electron chi connectivity index (χ3n) is 2.48. The number of aromatic nitrogens is 2. The molecule has 88 valence electrons. The number of unbranched alkanes of at least 4 members (excludes halogenated alkanes) is 2. The minimum absolute atomic E-state index is 1.01. The van der Waals surface area contributed by atoms with E-state index in [0.717, 1.165) is 35.8 Å². The summed E-state index contributed by atoms with van der Waals surface area (Å²) in [5, 5.41) is 2.17. The second-order valence-electron chi connectivity index (χ2n) is 3.98. The molecule has 2 nitrogen and oxygen atoms in total. The Morgan fingerprint density at radius 1 is 1.31 bits per heavy atom. The number of allylic oxidation sites excluding steroid dienone is 1. The molecule has 0 saturated heterocycles. The van der Waals surface area contributed by atoms with Gasteiger partial charge in [0.25, 0.3) is 0 Å². The van der Waals surface area contributed by atoms with Crippen molar-refractivity contribution in [3.8, 4) is 0 Å². The number of aryl methyl sites for hydroxylation is 1. The van der Waals surface area contributed by atoms with Crippen molar-refractivity contribution in [2.75, 3.05) is 0 Å². The van der Waals surface area contributed by atoms with E-state index in [9.17, 15) is 0 Å². The zero-order valence-corrected chi connectivity index (χ0v) is 10.4. The molecule has 0 radical (unpaired) electrons. The molecule has 0 amide bonds. The summed E-state index contributed by atoms with van der Waals surface area (Å²) in [6.07, 6.45) is 11.7. The number of H-pyrrole nitrogens is 1. The zero-order valence-electron chi connectivity index (χ0n) is 10.4. The fraction of sp³-hybridized carbons (Fsp3) is 0.500. The van der Waals surface area contributed by atoms with Gasteiger partial charge >= 0.3 is 0 Å². The molecular formula is C14H22N2. The van der Waals surface area contributed by atoms with Gasteiger partial charge in [-0.15, -0.1) is 0 Å². The lowest BCUT2D eigenvalue weighted by atomic mass is 10.2. The summed E-state index contributed by atoms with van der Waals surface area (Å²) in [6.45, 7) is 8.10. The number of hydrogen-bond donors (Lipinski definition) is 1. The Morgan fingerprint density at radius 3 is 2.75 bits per heavy atom. The van der Waals surface area contributed by atoms with E-state index >= 15 is 0 Å². The van der Waals surface area contributed by atoms with Crippen molar-refractivity contribution in [2.45, 2.75) is 46.0 Å². The van der Waals surface area contributed by atoms with Gasteiger partial charge in [0.2, 0.25) is 0 Å². The first kappa shape index (κ1) is 12.8. The minimum atomic E-state index is 1.01. The fourth-order valence-electron chi connectivity index (χ4n) is 1.65. The van der Waals surface area contributed by atoms with Crippen LogP contribution in [0.3, 0.4) is 0 Å². The van der Waals surface area contributed by atoms with Gasteiger partial charge in [0, 0.05) is 6.42 Å². The number of imidazole rings is 1. The summed E-state index contributed by atoms with van der Waals surface area (Å²) in [6, 6.07) is 0. The Kier molecular flexibility index (Phi) is 5.62. The standard InChI is InChI=1S/C14H22N2/c1-4-7-8-11-13-12(9-5-2)15-14(16-13)10-6-3/h5,9,11H,2,4,6-8,10H2,1,3H3,(H,15,16)/b12-9+,13-11+. The molecule has 1 N–H and O–H groups in total.